The van der Waals surface area contributed by atoms with E-state index in [-0.39, 0.29) is 0 Å². The molecule has 1 N–H and O–H groups in total. The monoisotopic (exact) mass is 250 g/mol. The quantitative estimate of drug-likeness (QED) is 0.776. The maximum Gasteiger partial charge on any atom is 0.148 e. The zero-order valence-corrected chi connectivity index (χ0v) is 10.7. The second kappa shape index (κ2) is 5.02. The zero-order chi connectivity index (χ0) is 13.1. The number of nitrogens with one attached hydrogen (secondary N) is 1. The van der Waals surface area contributed by atoms with Crippen molar-refractivity contribution in [2.24, 2.45) is 0 Å². The summed E-state index contributed by atoms with van der Waals surface area (Å²) in [7, 11) is 0. The van der Waals surface area contributed by atoms with Gasteiger partial charge in [-0.1, -0.05) is 18.2 Å². The molecule has 0 fully saturated rings. The predicted molar refractivity (Wildman–Crippen MR) is 76.9 cm³/mol. The summed E-state index contributed by atoms with van der Waals surface area (Å²) in [6, 6.07) is 12.1. The largest absolute Gasteiger partial charge is 0.369 e. The minimum atomic E-state index is 0.799. The summed E-state index contributed by atoms with van der Waals surface area (Å²) in [4.78, 5) is 4.14. The SMILES string of the molecule is CCNc1ccc(-c2cccc3cnccc23)nn1. The van der Waals surface area contributed by atoms with Crippen molar-refractivity contribution in [1.29, 1.82) is 0 Å². The molecule has 0 unspecified atom stereocenters. The number of pyridine rings is 1. The van der Waals surface area contributed by atoms with E-state index in [0.717, 1.165) is 34.4 Å². The van der Waals surface area contributed by atoms with Crippen LogP contribution in [0.5, 0.6) is 0 Å². The van der Waals surface area contributed by atoms with E-state index < -0.39 is 0 Å². The van der Waals surface area contributed by atoms with Gasteiger partial charge in [-0.3, -0.25) is 4.98 Å². The van der Waals surface area contributed by atoms with E-state index in [4.69, 9.17) is 0 Å². The Balaban J connectivity index is 2.08. The van der Waals surface area contributed by atoms with Gasteiger partial charge in [0, 0.05) is 29.9 Å². The van der Waals surface area contributed by atoms with Crippen molar-refractivity contribution in [3.8, 4) is 11.3 Å². The Labute approximate surface area is 111 Å². The topological polar surface area (TPSA) is 50.7 Å². The lowest BCUT2D eigenvalue weighted by Gasteiger charge is -2.06. The normalized spacial score (nSPS) is 10.6. The molecule has 0 saturated heterocycles. The number of hydrogen-bond acceptors (Lipinski definition) is 4. The molecule has 1 aromatic carbocycles. The van der Waals surface area contributed by atoms with Crippen molar-refractivity contribution in [3.63, 3.8) is 0 Å². The van der Waals surface area contributed by atoms with Gasteiger partial charge in [-0.15, -0.1) is 10.2 Å². The molecule has 3 aromatic rings. The Kier molecular flexibility index (Phi) is 3.06. The van der Waals surface area contributed by atoms with Gasteiger partial charge in [0.1, 0.15) is 5.82 Å². The lowest BCUT2D eigenvalue weighted by molar-refractivity contribution is 1.02. The van der Waals surface area contributed by atoms with Crippen LogP contribution >= 0.6 is 0 Å². The molecule has 3 rings (SSSR count). The van der Waals surface area contributed by atoms with Crippen molar-refractivity contribution >= 4 is 16.6 Å². The van der Waals surface area contributed by atoms with E-state index in [1.165, 1.54) is 0 Å². The zero-order valence-electron chi connectivity index (χ0n) is 10.7. The number of fused-ring (bicyclic) bond motifs is 1. The van der Waals surface area contributed by atoms with Crippen LogP contribution in [0, 0.1) is 0 Å². The number of hydrogen-bond donors (Lipinski definition) is 1. The Morgan fingerprint density at radius 3 is 2.79 bits per heavy atom. The van der Waals surface area contributed by atoms with E-state index in [1.807, 2.05) is 43.5 Å². The first kappa shape index (κ1) is 11.6. The molecule has 4 heteroatoms. The highest BCUT2D eigenvalue weighted by atomic mass is 15.2. The standard InChI is InChI=1S/C15H14N4/c1-2-17-15-7-6-14(18-19-15)13-5-3-4-11-10-16-9-8-12(11)13/h3-10H,2H2,1H3,(H,17,19). The van der Waals surface area contributed by atoms with Crippen LogP contribution in [0.3, 0.4) is 0 Å². The molecule has 0 saturated carbocycles. The summed E-state index contributed by atoms with van der Waals surface area (Å²) in [6.45, 7) is 2.88. The highest BCUT2D eigenvalue weighted by Gasteiger charge is 2.05. The fourth-order valence-electron chi connectivity index (χ4n) is 2.10. The average Bonchev–Trinajstić information content (AvgIpc) is 2.48. The number of rotatable bonds is 3. The number of benzene rings is 1. The van der Waals surface area contributed by atoms with Gasteiger partial charge in [0.2, 0.25) is 0 Å². The van der Waals surface area contributed by atoms with Crippen molar-refractivity contribution in [3.05, 3.63) is 48.8 Å². The van der Waals surface area contributed by atoms with E-state index in [1.54, 1.807) is 6.20 Å². The molecule has 0 bridgehead atoms. The van der Waals surface area contributed by atoms with Crippen molar-refractivity contribution in [2.75, 3.05) is 11.9 Å². The van der Waals surface area contributed by atoms with Crippen molar-refractivity contribution in [1.82, 2.24) is 15.2 Å². The highest BCUT2D eigenvalue weighted by Crippen LogP contribution is 2.26. The number of nitrogens with zero attached hydrogens (tertiary/aromatic N) is 3. The van der Waals surface area contributed by atoms with Crippen LogP contribution < -0.4 is 5.32 Å². The smallest absolute Gasteiger partial charge is 0.148 e. The van der Waals surface area contributed by atoms with Crippen LogP contribution in [0.2, 0.25) is 0 Å². The fourth-order valence-corrected chi connectivity index (χ4v) is 2.10. The van der Waals surface area contributed by atoms with Crippen LogP contribution in [0.25, 0.3) is 22.0 Å². The molecule has 0 spiro atoms. The van der Waals surface area contributed by atoms with Crippen LogP contribution in [-0.4, -0.2) is 21.7 Å². The summed E-state index contributed by atoms with van der Waals surface area (Å²) >= 11 is 0. The summed E-state index contributed by atoms with van der Waals surface area (Å²) in [5.74, 6) is 0.799. The molecule has 0 amide bonds. The number of aromatic nitrogens is 3. The van der Waals surface area contributed by atoms with Gasteiger partial charge < -0.3 is 5.32 Å². The Morgan fingerprint density at radius 1 is 1.05 bits per heavy atom. The van der Waals surface area contributed by atoms with E-state index in [2.05, 4.69) is 26.6 Å². The first-order valence-corrected chi connectivity index (χ1v) is 6.29. The third kappa shape index (κ3) is 2.25. The predicted octanol–water partition coefficient (Wildman–Crippen LogP) is 3.12. The number of anilines is 1. The molecule has 0 aliphatic carbocycles. The molecule has 19 heavy (non-hydrogen) atoms. The summed E-state index contributed by atoms with van der Waals surface area (Å²) in [5, 5.41) is 13.8. The molecular formula is C15H14N4. The molecule has 0 radical (unpaired) electrons. The third-order valence-electron chi connectivity index (χ3n) is 2.98. The third-order valence-corrected chi connectivity index (χ3v) is 2.98. The minimum absolute atomic E-state index is 0.799. The second-order valence-electron chi connectivity index (χ2n) is 4.24. The molecule has 94 valence electrons. The van der Waals surface area contributed by atoms with Crippen LogP contribution in [0.15, 0.2) is 48.8 Å². The van der Waals surface area contributed by atoms with Gasteiger partial charge in [-0.25, -0.2) is 0 Å². The van der Waals surface area contributed by atoms with Crippen LogP contribution in [0.4, 0.5) is 5.82 Å². The van der Waals surface area contributed by atoms with Crippen molar-refractivity contribution < 1.29 is 0 Å². The Bertz CT molecular complexity index is 687. The Morgan fingerprint density at radius 2 is 2.00 bits per heavy atom. The maximum atomic E-state index is 4.28. The summed E-state index contributed by atoms with van der Waals surface area (Å²) in [6.07, 6.45) is 3.66. The molecule has 0 aliphatic rings. The average molecular weight is 250 g/mol. The van der Waals surface area contributed by atoms with Gasteiger partial charge >= 0.3 is 0 Å². The fraction of sp³-hybridized carbons (Fsp3) is 0.133. The highest BCUT2D eigenvalue weighted by molar-refractivity contribution is 5.95. The van der Waals surface area contributed by atoms with E-state index in [0.29, 0.717) is 0 Å². The van der Waals surface area contributed by atoms with Crippen LogP contribution in [0.1, 0.15) is 6.92 Å². The van der Waals surface area contributed by atoms with E-state index >= 15 is 0 Å². The lowest BCUT2D eigenvalue weighted by Crippen LogP contribution is -2.00. The summed E-state index contributed by atoms with van der Waals surface area (Å²) in [5.41, 5.74) is 1.95. The molecule has 2 aromatic heterocycles. The van der Waals surface area contributed by atoms with Gasteiger partial charge in [0.25, 0.3) is 0 Å². The summed E-state index contributed by atoms with van der Waals surface area (Å²) < 4.78 is 0. The first-order chi connectivity index (χ1) is 9.38. The lowest BCUT2D eigenvalue weighted by atomic mass is 10.0. The molecular weight excluding hydrogens is 236 g/mol. The van der Waals surface area contributed by atoms with Gasteiger partial charge in [0.05, 0.1) is 5.69 Å². The maximum absolute atomic E-state index is 4.28. The molecule has 0 aliphatic heterocycles. The Hall–Kier alpha value is -2.49. The first-order valence-electron chi connectivity index (χ1n) is 6.29. The molecule has 0 atom stereocenters. The van der Waals surface area contributed by atoms with E-state index in [9.17, 15) is 0 Å². The van der Waals surface area contributed by atoms with Gasteiger partial charge in [0.15, 0.2) is 0 Å². The second-order valence-corrected chi connectivity index (χ2v) is 4.24. The molecule has 2 heterocycles. The van der Waals surface area contributed by atoms with Crippen molar-refractivity contribution in [2.45, 2.75) is 6.92 Å². The van der Waals surface area contributed by atoms with Crippen LogP contribution in [-0.2, 0) is 0 Å². The van der Waals surface area contributed by atoms with Gasteiger partial charge in [-0.05, 0) is 30.5 Å². The minimum Gasteiger partial charge on any atom is -0.369 e. The van der Waals surface area contributed by atoms with Gasteiger partial charge in [-0.2, -0.15) is 0 Å². The molecule has 4 nitrogen and oxygen atoms in total.